The van der Waals surface area contributed by atoms with Crippen molar-refractivity contribution in [3.05, 3.63) is 50.1 Å². The Kier molecular flexibility index (Phi) is 4.69. The molecule has 0 radical (unpaired) electrons. The minimum atomic E-state index is -0.348. The lowest BCUT2D eigenvalue weighted by atomic mass is 10.1. The fraction of sp³-hybridized carbons (Fsp3) is 0.333. The van der Waals surface area contributed by atoms with Gasteiger partial charge in [-0.25, -0.2) is 4.39 Å². The zero-order valence-corrected chi connectivity index (χ0v) is 13.5. The smallest absolute Gasteiger partial charge is 0.146 e. The minimum absolute atomic E-state index is 0.0995. The van der Waals surface area contributed by atoms with E-state index in [4.69, 9.17) is 27.9 Å². The van der Waals surface area contributed by atoms with Crippen LogP contribution in [0.2, 0.25) is 10.0 Å². The van der Waals surface area contributed by atoms with Gasteiger partial charge in [-0.05, 0) is 29.1 Å². The van der Waals surface area contributed by atoms with Gasteiger partial charge in [0.15, 0.2) is 0 Å². The van der Waals surface area contributed by atoms with Crippen molar-refractivity contribution >= 4 is 34.5 Å². The van der Waals surface area contributed by atoms with Crippen molar-refractivity contribution in [2.75, 3.05) is 19.8 Å². The van der Waals surface area contributed by atoms with Gasteiger partial charge in [0.1, 0.15) is 18.5 Å². The molecule has 1 atom stereocenters. The maximum atomic E-state index is 12.6. The zero-order valence-electron chi connectivity index (χ0n) is 11.2. The number of benzene rings is 1. The van der Waals surface area contributed by atoms with E-state index in [-0.39, 0.29) is 12.8 Å². The average Bonchev–Trinajstić information content (AvgIpc) is 2.92. The van der Waals surface area contributed by atoms with Crippen molar-refractivity contribution in [1.29, 1.82) is 0 Å². The number of ether oxygens (including phenoxy) is 1. The number of rotatable bonds is 4. The summed E-state index contributed by atoms with van der Waals surface area (Å²) in [7, 11) is 0. The number of hydrogen-bond donors (Lipinski definition) is 0. The second-order valence-electron chi connectivity index (χ2n) is 4.92. The Morgan fingerprint density at radius 3 is 2.90 bits per heavy atom. The van der Waals surface area contributed by atoms with Gasteiger partial charge in [0, 0.05) is 25.7 Å². The topological polar surface area (TPSA) is 12.5 Å². The SMILES string of the molecule is FCCN1Cc2ccsc2C(Oc2ccc(Cl)c(Cl)c2)C1. The molecule has 1 aliphatic rings. The van der Waals surface area contributed by atoms with Gasteiger partial charge in [0.05, 0.1) is 14.9 Å². The number of hydrogen-bond acceptors (Lipinski definition) is 3. The Balaban J connectivity index is 1.82. The van der Waals surface area contributed by atoms with E-state index >= 15 is 0 Å². The van der Waals surface area contributed by atoms with Crippen LogP contribution in [-0.4, -0.2) is 24.7 Å². The molecule has 0 amide bonds. The Morgan fingerprint density at radius 1 is 1.29 bits per heavy atom. The van der Waals surface area contributed by atoms with E-state index in [9.17, 15) is 4.39 Å². The number of alkyl halides is 1. The Morgan fingerprint density at radius 2 is 2.14 bits per heavy atom. The van der Waals surface area contributed by atoms with Crippen molar-refractivity contribution in [3.63, 3.8) is 0 Å². The van der Waals surface area contributed by atoms with Crippen LogP contribution in [0.5, 0.6) is 5.75 Å². The molecule has 1 unspecified atom stereocenters. The average molecular weight is 346 g/mol. The van der Waals surface area contributed by atoms with Crippen LogP contribution in [0.3, 0.4) is 0 Å². The lowest BCUT2D eigenvalue weighted by molar-refractivity contribution is 0.110. The summed E-state index contributed by atoms with van der Waals surface area (Å²) in [6.45, 7) is 1.54. The number of nitrogens with zero attached hydrogens (tertiary/aromatic N) is 1. The molecule has 1 aromatic heterocycles. The van der Waals surface area contributed by atoms with E-state index in [2.05, 4.69) is 16.3 Å². The fourth-order valence-electron chi connectivity index (χ4n) is 2.48. The molecule has 1 aliphatic heterocycles. The molecule has 2 nitrogen and oxygen atoms in total. The molecule has 0 fully saturated rings. The van der Waals surface area contributed by atoms with E-state index in [0.29, 0.717) is 28.9 Å². The molecule has 0 aliphatic carbocycles. The zero-order chi connectivity index (χ0) is 14.8. The number of thiophene rings is 1. The van der Waals surface area contributed by atoms with Crippen molar-refractivity contribution in [2.24, 2.45) is 0 Å². The third-order valence-electron chi connectivity index (χ3n) is 3.46. The summed E-state index contributed by atoms with van der Waals surface area (Å²) < 4.78 is 18.7. The number of fused-ring (bicyclic) bond motifs is 1. The molecule has 0 bridgehead atoms. The van der Waals surface area contributed by atoms with Crippen LogP contribution in [0, 0.1) is 0 Å². The molecule has 3 rings (SSSR count). The monoisotopic (exact) mass is 345 g/mol. The van der Waals surface area contributed by atoms with Gasteiger partial charge in [-0.3, -0.25) is 4.90 Å². The third-order valence-corrected chi connectivity index (χ3v) is 5.25. The summed E-state index contributed by atoms with van der Waals surface area (Å²) in [6, 6.07) is 7.31. The van der Waals surface area contributed by atoms with Gasteiger partial charge in [-0.15, -0.1) is 11.3 Å². The Bertz CT molecular complexity index is 634. The summed E-state index contributed by atoms with van der Waals surface area (Å²) in [6.07, 6.45) is -0.0995. The first kappa shape index (κ1) is 15.1. The lowest BCUT2D eigenvalue weighted by Gasteiger charge is -2.32. The Labute approximate surface area is 137 Å². The van der Waals surface area contributed by atoms with Crippen molar-refractivity contribution in [3.8, 4) is 5.75 Å². The van der Waals surface area contributed by atoms with Crippen LogP contribution < -0.4 is 4.74 Å². The van der Waals surface area contributed by atoms with Crippen LogP contribution in [-0.2, 0) is 6.54 Å². The van der Waals surface area contributed by atoms with E-state index in [1.807, 2.05) is 0 Å². The molecule has 21 heavy (non-hydrogen) atoms. The predicted octanol–water partition coefficient (Wildman–Crippen LogP) is 4.96. The van der Waals surface area contributed by atoms with Gasteiger partial charge < -0.3 is 4.74 Å². The molecule has 6 heteroatoms. The highest BCUT2D eigenvalue weighted by molar-refractivity contribution is 7.10. The van der Waals surface area contributed by atoms with E-state index in [1.165, 1.54) is 10.4 Å². The quantitative estimate of drug-likeness (QED) is 0.776. The first-order valence-corrected chi connectivity index (χ1v) is 8.27. The number of halogens is 3. The normalized spacial score (nSPS) is 18.5. The predicted molar refractivity (Wildman–Crippen MR) is 85.4 cm³/mol. The second kappa shape index (κ2) is 6.53. The highest BCUT2D eigenvalue weighted by atomic mass is 35.5. The maximum Gasteiger partial charge on any atom is 0.146 e. The summed E-state index contributed by atoms with van der Waals surface area (Å²) >= 11 is 13.6. The van der Waals surface area contributed by atoms with Crippen molar-refractivity contribution in [2.45, 2.75) is 12.6 Å². The van der Waals surface area contributed by atoms with E-state index in [1.54, 1.807) is 29.5 Å². The first-order chi connectivity index (χ1) is 10.2. The van der Waals surface area contributed by atoms with E-state index < -0.39 is 0 Å². The molecule has 0 N–H and O–H groups in total. The highest BCUT2D eigenvalue weighted by Gasteiger charge is 2.27. The second-order valence-corrected chi connectivity index (χ2v) is 6.68. The summed E-state index contributed by atoms with van der Waals surface area (Å²) in [5, 5.41) is 3.02. The summed E-state index contributed by atoms with van der Waals surface area (Å²) in [5.74, 6) is 0.677. The van der Waals surface area contributed by atoms with Gasteiger partial charge in [0.2, 0.25) is 0 Å². The van der Waals surface area contributed by atoms with Crippen LogP contribution in [0.25, 0.3) is 0 Å². The van der Waals surface area contributed by atoms with Crippen LogP contribution in [0.1, 0.15) is 16.5 Å². The molecule has 1 aromatic carbocycles. The molecule has 0 saturated heterocycles. The third kappa shape index (κ3) is 3.34. The molecule has 2 heterocycles. The minimum Gasteiger partial charge on any atom is -0.483 e. The van der Waals surface area contributed by atoms with Crippen LogP contribution in [0.4, 0.5) is 4.39 Å². The standard InChI is InChI=1S/C15H14Cl2FNOS/c16-12-2-1-11(7-13(12)17)20-14-9-19(5-4-18)8-10-3-6-21-15(10)14/h1-3,6-7,14H,4-5,8-9H2. The molecular formula is C15H14Cl2FNOS. The van der Waals surface area contributed by atoms with Gasteiger partial charge >= 0.3 is 0 Å². The maximum absolute atomic E-state index is 12.6. The van der Waals surface area contributed by atoms with Crippen LogP contribution >= 0.6 is 34.5 Å². The highest BCUT2D eigenvalue weighted by Crippen LogP contribution is 2.35. The fourth-order valence-corrected chi connectivity index (χ4v) is 3.70. The van der Waals surface area contributed by atoms with Gasteiger partial charge in [-0.1, -0.05) is 23.2 Å². The molecule has 112 valence electrons. The largest absolute Gasteiger partial charge is 0.483 e. The molecular weight excluding hydrogens is 332 g/mol. The van der Waals surface area contributed by atoms with Crippen molar-refractivity contribution < 1.29 is 9.13 Å². The van der Waals surface area contributed by atoms with Crippen LogP contribution in [0.15, 0.2) is 29.6 Å². The van der Waals surface area contributed by atoms with Crippen molar-refractivity contribution in [1.82, 2.24) is 4.90 Å². The molecule has 2 aromatic rings. The van der Waals surface area contributed by atoms with Gasteiger partial charge in [0.25, 0.3) is 0 Å². The Hall–Kier alpha value is -0.810. The summed E-state index contributed by atoms with van der Waals surface area (Å²) in [4.78, 5) is 3.27. The first-order valence-electron chi connectivity index (χ1n) is 6.63. The van der Waals surface area contributed by atoms with E-state index in [0.717, 1.165) is 6.54 Å². The van der Waals surface area contributed by atoms with Gasteiger partial charge in [-0.2, -0.15) is 0 Å². The molecule has 0 saturated carbocycles. The lowest BCUT2D eigenvalue weighted by Crippen LogP contribution is -2.36. The molecule has 0 spiro atoms. The summed E-state index contributed by atoms with van der Waals surface area (Å²) in [5.41, 5.74) is 1.21.